The number of carbonyl (C=O) groups excluding carboxylic acids is 3. The highest BCUT2D eigenvalue weighted by molar-refractivity contribution is 6.10. The number of amides is 3. The number of para-hydroxylation sites is 1. The Balaban J connectivity index is 1.51. The molecule has 0 N–H and O–H groups in total. The Labute approximate surface area is 188 Å². The number of nitrogens with zero attached hydrogens (tertiary/aromatic N) is 3. The van der Waals surface area contributed by atoms with Crippen molar-refractivity contribution in [3.05, 3.63) is 59.2 Å². The van der Waals surface area contributed by atoms with Crippen LogP contribution in [0, 0.1) is 6.92 Å². The molecule has 168 valence electrons. The van der Waals surface area contributed by atoms with Crippen LogP contribution in [0.5, 0.6) is 5.75 Å². The van der Waals surface area contributed by atoms with E-state index in [0.29, 0.717) is 30.6 Å². The Morgan fingerprint density at radius 3 is 2.69 bits per heavy atom. The molecular weight excluding hydrogens is 406 g/mol. The van der Waals surface area contributed by atoms with Gasteiger partial charge in [-0.25, -0.2) is 0 Å². The summed E-state index contributed by atoms with van der Waals surface area (Å²) < 4.78 is 5.43. The van der Waals surface area contributed by atoms with Gasteiger partial charge in [0.1, 0.15) is 11.4 Å². The Morgan fingerprint density at radius 2 is 1.94 bits per heavy atom. The fraction of sp³-hybridized carbons (Fsp3) is 0.400. The Bertz CT molecular complexity index is 1080. The highest BCUT2D eigenvalue weighted by Gasteiger charge is 2.52. The summed E-state index contributed by atoms with van der Waals surface area (Å²) in [4.78, 5) is 44.0. The normalized spacial score (nSPS) is 19.6. The SMILES string of the molecule is COc1ccc(C)cc1CN(C)C(=O)CCN1C(=O)c2ccccc2N2C(=O)CC[C@@]12C. The third-order valence-electron chi connectivity index (χ3n) is 6.56. The van der Waals surface area contributed by atoms with Crippen molar-refractivity contribution in [3.63, 3.8) is 0 Å². The van der Waals surface area contributed by atoms with Crippen molar-refractivity contribution in [1.29, 1.82) is 0 Å². The number of hydrogen-bond acceptors (Lipinski definition) is 4. The van der Waals surface area contributed by atoms with Crippen molar-refractivity contribution >= 4 is 23.4 Å². The van der Waals surface area contributed by atoms with Crippen molar-refractivity contribution < 1.29 is 19.1 Å². The van der Waals surface area contributed by atoms with Gasteiger partial charge < -0.3 is 14.5 Å². The molecule has 1 fully saturated rings. The predicted molar refractivity (Wildman–Crippen MR) is 121 cm³/mol. The van der Waals surface area contributed by atoms with E-state index in [1.807, 2.05) is 44.2 Å². The lowest BCUT2D eigenvalue weighted by atomic mass is 9.98. The molecule has 3 amide bonds. The van der Waals surface area contributed by atoms with Gasteiger partial charge in [-0.2, -0.15) is 0 Å². The summed E-state index contributed by atoms with van der Waals surface area (Å²) in [6.07, 6.45) is 1.11. The number of rotatable bonds is 6. The molecule has 0 spiro atoms. The standard InChI is InChI=1S/C25H29N3O4/c1-17-9-10-21(32-4)18(15-17)16-26(3)22(29)12-14-27-24(31)19-7-5-6-8-20(19)28-23(30)11-13-25(27,28)2/h5-10,15H,11-14,16H2,1-4H3/t25-/m0/s1. The largest absolute Gasteiger partial charge is 0.496 e. The van der Waals surface area contributed by atoms with Crippen LogP contribution >= 0.6 is 0 Å². The van der Waals surface area contributed by atoms with Gasteiger partial charge in [0.15, 0.2) is 0 Å². The monoisotopic (exact) mass is 435 g/mol. The van der Waals surface area contributed by atoms with Gasteiger partial charge in [-0.05, 0) is 38.5 Å². The molecule has 7 heteroatoms. The number of anilines is 1. The maximum absolute atomic E-state index is 13.3. The first-order valence-corrected chi connectivity index (χ1v) is 10.9. The van der Waals surface area contributed by atoms with Gasteiger partial charge in [0.05, 0.1) is 18.4 Å². The molecule has 4 rings (SSSR count). The van der Waals surface area contributed by atoms with Gasteiger partial charge in [-0.3, -0.25) is 19.3 Å². The first kappa shape index (κ1) is 21.9. The molecule has 1 atom stereocenters. The number of fused-ring (bicyclic) bond motifs is 3. The van der Waals surface area contributed by atoms with E-state index in [1.54, 1.807) is 41.0 Å². The number of ether oxygens (including phenoxy) is 1. The molecular formula is C25H29N3O4. The van der Waals surface area contributed by atoms with Crippen molar-refractivity contribution in [2.45, 2.75) is 45.3 Å². The zero-order chi connectivity index (χ0) is 23.0. The lowest BCUT2D eigenvalue weighted by molar-refractivity contribution is -0.130. The first-order chi connectivity index (χ1) is 15.3. The molecule has 0 saturated carbocycles. The average Bonchev–Trinajstić information content (AvgIpc) is 3.08. The average molecular weight is 436 g/mol. The lowest BCUT2D eigenvalue weighted by Crippen LogP contribution is -2.62. The molecule has 2 heterocycles. The molecule has 0 radical (unpaired) electrons. The Hall–Kier alpha value is -3.35. The number of hydrogen-bond donors (Lipinski definition) is 0. The highest BCUT2D eigenvalue weighted by atomic mass is 16.5. The van der Waals surface area contributed by atoms with Crippen LogP contribution < -0.4 is 9.64 Å². The fourth-order valence-electron chi connectivity index (χ4n) is 4.81. The van der Waals surface area contributed by atoms with Crippen LogP contribution in [0.4, 0.5) is 5.69 Å². The summed E-state index contributed by atoms with van der Waals surface area (Å²) in [7, 11) is 3.37. The van der Waals surface area contributed by atoms with Crippen LogP contribution in [0.3, 0.4) is 0 Å². The number of aryl methyl sites for hydroxylation is 1. The Kier molecular flexibility index (Phi) is 5.67. The lowest BCUT2D eigenvalue weighted by Gasteiger charge is -2.48. The highest BCUT2D eigenvalue weighted by Crippen LogP contribution is 2.44. The van der Waals surface area contributed by atoms with Crippen LogP contribution in [0.1, 0.15) is 47.7 Å². The molecule has 2 aliphatic heterocycles. The van der Waals surface area contributed by atoms with E-state index in [1.165, 1.54) is 0 Å². The fourth-order valence-corrected chi connectivity index (χ4v) is 4.81. The molecule has 0 aliphatic carbocycles. The minimum absolute atomic E-state index is 0.00689. The summed E-state index contributed by atoms with van der Waals surface area (Å²) in [6, 6.07) is 13.1. The molecule has 2 aliphatic rings. The molecule has 1 saturated heterocycles. The van der Waals surface area contributed by atoms with E-state index in [9.17, 15) is 14.4 Å². The molecule has 32 heavy (non-hydrogen) atoms. The van der Waals surface area contributed by atoms with E-state index >= 15 is 0 Å². The van der Waals surface area contributed by atoms with E-state index in [2.05, 4.69) is 0 Å². The number of methoxy groups -OCH3 is 1. The van der Waals surface area contributed by atoms with Crippen LogP contribution in [0.25, 0.3) is 0 Å². The van der Waals surface area contributed by atoms with E-state index in [-0.39, 0.29) is 30.7 Å². The maximum Gasteiger partial charge on any atom is 0.257 e. The minimum atomic E-state index is -0.749. The quantitative estimate of drug-likeness (QED) is 0.698. The second-order valence-corrected chi connectivity index (χ2v) is 8.74. The summed E-state index contributed by atoms with van der Waals surface area (Å²) in [6.45, 7) is 4.58. The second kappa shape index (κ2) is 8.30. The molecule has 2 aromatic rings. The van der Waals surface area contributed by atoms with Crippen LogP contribution in [-0.2, 0) is 16.1 Å². The van der Waals surface area contributed by atoms with Gasteiger partial charge in [0.2, 0.25) is 11.8 Å². The van der Waals surface area contributed by atoms with Gasteiger partial charge >= 0.3 is 0 Å². The van der Waals surface area contributed by atoms with Crippen molar-refractivity contribution in [1.82, 2.24) is 9.80 Å². The molecule has 0 bridgehead atoms. The van der Waals surface area contributed by atoms with Crippen LogP contribution in [0.15, 0.2) is 42.5 Å². The van der Waals surface area contributed by atoms with Crippen LogP contribution in [-0.4, -0.2) is 53.9 Å². The Morgan fingerprint density at radius 1 is 1.19 bits per heavy atom. The van der Waals surface area contributed by atoms with E-state index < -0.39 is 5.66 Å². The van der Waals surface area contributed by atoms with Crippen LogP contribution in [0.2, 0.25) is 0 Å². The zero-order valence-corrected chi connectivity index (χ0v) is 19.1. The zero-order valence-electron chi connectivity index (χ0n) is 19.1. The second-order valence-electron chi connectivity index (χ2n) is 8.74. The minimum Gasteiger partial charge on any atom is -0.496 e. The third-order valence-corrected chi connectivity index (χ3v) is 6.56. The molecule has 7 nitrogen and oxygen atoms in total. The van der Waals surface area contributed by atoms with Gasteiger partial charge in [-0.15, -0.1) is 0 Å². The number of carbonyl (C=O) groups is 3. The summed E-state index contributed by atoms with van der Waals surface area (Å²) in [5, 5.41) is 0. The third kappa shape index (κ3) is 3.61. The van der Waals surface area contributed by atoms with Crippen molar-refractivity contribution in [2.24, 2.45) is 0 Å². The van der Waals surface area contributed by atoms with Crippen molar-refractivity contribution in [3.8, 4) is 5.75 Å². The summed E-state index contributed by atoms with van der Waals surface area (Å²) in [5.41, 5.74) is 2.45. The maximum atomic E-state index is 13.3. The molecule has 0 unspecified atom stereocenters. The molecule has 2 aromatic carbocycles. The number of benzene rings is 2. The van der Waals surface area contributed by atoms with Gasteiger partial charge in [0.25, 0.3) is 5.91 Å². The predicted octanol–water partition coefficient (Wildman–Crippen LogP) is 3.35. The van der Waals surface area contributed by atoms with Crippen molar-refractivity contribution in [2.75, 3.05) is 25.6 Å². The van der Waals surface area contributed by atoms with E-state index in [0.717, 1.165) is 16.9 Å². The van der Waals surface area contributed by atoms with E-state index in [4.69, 9.17) is 4.74 Å². The summed E-state index contributed by atoms with van der Waals surface area (Å²) >= 11 is 0. The van der Waals surface area contributed by atoms with Gasteiger partial charge in [-0.1, -0.05) is 29.8 Å². The smallest absolute Gasteiger partial charge is 0.257 e. The summed E-state index contributed by atoms with van der Waals surface area (Å²) in [5.74, 6) is 0.544. The topological polar surface area (TPSA) is 70.2 Å². The first-order valence-electron chi connectivity index (χ1n) is 10.9. The molecule has 0 aromatic heterocycles. The van der Waals surface area contributed by atoms with Gasteiger partial charge in [0, 0.05) is 38.5 Å².